The summed E-state index contributed by atoms with van der Waals surface area (Å²) in [5.74, 6) is 1.17. The Morgan fingerprint density at radius 1 is 0.979 bits per heavy atom. The van der Waals surface area contributed by atoms with E-state index < -0.39 is 6.04 Å². The molecule has 0 saturated carbocycles. The van der Waals surface area contributed by atoms with E-state index in [0.29, 0.717) is 64.7 Å². The summed E-state index contributed by atoms with van der Waals surface area (Å²) in [5.41, 5.74) is 3.24. The van der Waals surface area contributed by atoms with Gasteiger partial charge in [-0.2, -0.15) is 0 Å². The van der Waals surface area contributed by atoms with Crippen LogP contribution in [0.1, 0.15) is 29.7 Å². The van der Waals surface area contributed by atoms with Gasteiger partial charge in [-0.25, -0.2) is 4.99 Å². The second-order valence-corrected chi connectivity index (χ2v) is 12.4. The number of ether oxygens (including phenoxy) is 3. The highest BCUT2D eigenvalue weighted by Crippen LogP contribution is 2.34. The molecule has 0 spiro atoms. The lowest BCUT2D eigenvalue weighted by atomic mass is 9.95. The summed E-state index contributed by atoms with van der Waals surface area (Å²) < 4.78 is 19.3. The third-order valence-electron chi connectivity index (χ3n) is 7.61. The van der Waals surface area contributed by atoms with Crippen molar-refractivity contribution in [2.75, 3.05) is 19.5 Å². The number of nitrogens with zero attached hydrogens (tertiary/aromatic N) is 2. The van der Waals surface area contributed by atoms with Crippen LogP contribution in [0.5, 0.6) is 17.2 Å². The van der Waals surface area contributed by atoms with Crippen molar-refractivity contribution in [3.63, 3.8) is 0 Å². The van der Waals surface area contributed by atoms with Crippen molar-refractivity contribution in [2.45, 2.75) is 19.6 Å². The predicted octanol–water partition coefficient (Wildman–Crippen LogP) is 6.78. The van der Waals surface area contributed by atoms with E-state index in [1.807, 2.05) is 54.6 Å². The highest BCUT2D eigenvalue weighted by atomic mass is 35.5. The normalized spacial score (nSPS) is 14.3. The summed E-state index contributed by atoms with van der Waals surface area (Å²) in [4.78, 5) is 33.4. The molecule has 11 heteroatoms. The number of anilines is 1. The van der Waals surface area contributed by atoms with Crippen LogP contribution in [-0.2, 0) is 11.4 Å². The lowest BCUT2D eigenvalue weighted by molar-refractivity contribution is -0.113. The minimum atomic E-state index is -0.764. The van der Waals surface area contributed by atoms with E-state index in [9.17, 15) is 9.59 Å². The van der Waals surface area contributed by atoms with Gasteiger partial charge in [0.1, 0.15) is 12.4 Å². The van der Waals surface area contributed by atoms with E-state index in [4.69, 9.17) is 42.4 Å². The maximum absolute atomic E-state index is 14.3. The summed E-state index contributed by atoms with van der Waals surface area (Å²) in [6.45, 7) is 1.92. The SMILES string of the molecule is COc1cccc([C@@H]2C(C(=O)Nc3ccccc3)=C(C)N=c3s/c(=C\c4cccc(OC)c4OCc4ccc(Cl)cc4Cl)c(=O)n32)c1. The first-order chi connectivity index (χ1) is 22.8. The molecule has 1 N–H and O–H groups in total. The number of hydrogen-bond acceptors (Lipinski definition) is 7. The zero-order valence-electron chi connectivity index (χ0n) is 25.6. The topological polar surface area (TPSA) is 91.2 Å². The Balaban J connectivity index is 1.46. The summed E-state index contributed by atoms with van der Waals surface area (Å²) in [6, 6.07) is 26.4. The number of nitrogens with one attached hydrogen (secondary N) is 1. The maximum Gasteiger partial charge on any atom is 0.271 e. The molecule has 0 aliphatic carbocycles. The van der Waals surface area contributed by atoms with Crippen LogP contribution in [0.3, 0.4) is 0 Å². The fraction of sp³-hybridized carbons (Fsp3) is 0.139. The maximum atomic E-state index is 14.3. The van der Waals surface area contributed by atoms with Gasteiger partial charge in [-0.05, 0) is 61.0 Å². The number of methoxy groups -OCH3 is 2. The smallest absolute Gasteiger partial charge is 0.271 e. The van der Waals surface area contributed by atoms with Crippen molar-refractivity contribution in [2.24, 2.45) is 4.99 Å². The van der Waals surface area contributed by atoms with Gasteiger partial charge in [-0.3, -0.25) is 14.2 Å². The molecule has 4 aromatic carbocycles. The minimum Gasteiger partial charge on any atom is -0.497 e. The number of para-hydroxylation sites is 2. The molecule has 0 saturated heterocycles. The Hall–Kier alpha value is -4.83. The lowest BCUT2D eigenvalue weighted by Crippen LogP contribution is -2.40. The number of aromatic nitrogens is 1. The Kier molecular flexibility index (Phi) is 9.49. The van der Waals surface area contributed by atoms with Crippen LogP contribution in [-0.4, -0.2) is 24.7 Å². The van der Waals surface area contributed by atoms with E-state index >= 15 is 0 Å². The molecule has 1 aliphatic heterocycles. The van der Waals surface area contributed by atoms with Crippen molar-refractivity contribution >= 4 is 52.2 Å². The number of carbonyl (C=O) groups excluding carboxylic acids is 1. The molecule has 1 aromatic heterocycles. The molecule has 8 nitrogen and oxygen atoms in total. The Morgan fingerprint density at radius 2 is 1.77 bits per heavy atom. The number of hydrogen-bond donors (Lipinski definition) is 1. The first-order valence-electron chi connectivity index (χ1n) is 14.5. The van der Waals surface area contributed by atoms with Gasteiger partial charge in [0.15, 0.2) is 16.3 Å². The summed E-state index contributed by atoms with van der Waals surface area (Å²) in [7, 11) is 3.12. The van der Waals surface area contributed by atoms with Crippen molar-refractivity contribution in [1.82, 2.24) is 4.57 Å². The number of halogens is 2. The van der Waals surface area contributed by atoms with Gasteiger partial charge >= 0.3 is 0 Å². The Labute approximate surface area is 284 Å². The average Bonchev–Trinajstić information content (AvgIpc) is 3.37. The summed E-state index contributed by atoms with van der Waals surface area (Å²) in [6.07, 6.45) is 1.75. The number of allylic oxidation sites excluding steroid dienone is 1. The molecule has 0 radical (unpaired) electrons. The Bertz CT molecular complexity index is 2190. The second kappa shape index (κ2) is 13.9. The van der Waals surface area contributed by atoms with Gasteiger partial charge in [0.05, 0.1) is 36.1 Å². The molecule has 47 heavy (non-hydrogen) atoms. The van der Waals surface area contributed by atoms with Crippen LogP contribution in [0, 0.1) is 0 Å². The monoisotopic (exact) mass is 685 g/mol. The largest absolute Gasteiger partial charge is 0.497 e. The molecule has 0 fully saturated rings. The van der Waals surface area contributed by atoms with Crippen molar-refractivity contribution < 1.29 is 19.0 Å². The molecule has 5 aromatic rings. The van der Waals surface area contributed by atoms with Gasteiger partial charge in [-0.15, -0.1) is 0 Å². The van der Waals surface area contributed by atoms with Crippen LogP contribution in [0.25, 0.3) is 6.08 Å². The molecule has 0 bridgehead atoms. The zero-order chi connectivity index (χ0) is 33.1. The highest BCUT2D eigenvalue weighted by molar-refractivity contribution is 7.07. The molecule has 1 aliphatic rings. The summed E-state index contributed by atoms with van der Waals surface area (Å²) in [5, 5.41) is 3.96. The third kappa shape index (κ3) is 6.69. The lowest BCUT2D eigenvalue weighted by Gasteiger charge is -2.25. The van der Waals surface area contributed by atoms with Crippen LogP contribution in [0.2, 0.25) is 10.0 Å². The molecule has 1 amide bonds. The molecule has 6 rings (SSSR count). The Morgan fingerprint density at radius 3 is 2.51 bits per heavy atom. The molecule has 1 atom stereocenters. The number of amides is 1. The minimum absolute atomic E-state index is 0.146. The predicted molar refractivity (Wildman–Crippen MR) is 186 cm³/mol. The number of thiazole rings is 1. The standard InChI is InChI=1S/C36H29Cl2N3O5S/c1-21-31(34(42)40-26-11-5-4-6-12-26)32(22-9-7-13-27(17-22)44-2)41-35(43)30(47-36(41)39-21)18-23-10-8-14-29(45-3)33(23)46-20-24-15-16-25(37)19-28(24)38/h4-19,32H,20H2,1-3H3,(H,40,42)/b30-18-/t32-/m1/s1. The van der Waals surface area contributed by atoms with E-state index in [0.717, 1.165) is 5.56 Å². The van der Waals surface area contributed by atoms with Crippen LogP contribution in [0.15, 0.2) is 112 Å². The zero-order valence-corrected chi connectivity index (χ0v) is 28.0. The fourth-order valence-corrected chi connectivity index (χ4v) is 6.85. The van der Waals surface area contributed by atoms with Gasteiger partial charge in [-0.1, -0.05) is 83.1 Å². The van der Waals surface area contributed by atoms with Gasteiger partial charge in [0.25, 0.3) is 11.5 Å². The first-order valence-corrected chi connectivity index (χ1v) is 16.1. The van der Waals surface area contributed by atoms with Crippen LogP contribution >= 0.6 is 34.5 Å². The van der Waals surface area contributed by atoms with Crippen molar-refractivity contribution in [3.05, 3.63) is 149 Å². The van der Waals surface area contributed by atoms with E-state index in [1.54, 1.807) is 68.2 Å². The van der Waals surface area contributed by atoms with E-state index in [2.05, 4.69) is 5.32 Å². The quantitative estimate of drug-likeness (QED) is 0.185. The molecular weight excluding hydrogens is 657 g/mol. The molecule has 238 valence electrons. The number of fused-ring (bicyclic) bond motifs is 1. The molecule has 2 heterocycles. The van der Waals surface area contributed by atoms with Crippen LogP contribution < -0.4 is 34.4 Å². The molecule has 0 unspecified atom stereocenters. The average molecular weight is 687 g/mol. The van der Waals surface area contributed by atoms with Gasteiger partial charge in [0, 0.05) is 26.9 Å². The first kappa shape index (κ1) is 32.1. The van der Waals surface area contributed by atoms with Gasteiger partial charge in [0.2, 0.25) is 0 Å². The van der Waals surface area contributed by atoms with Crippen molar-refractivity contribution in [3.8, 4) is 17.2 Å². The highest BCUT2D eigenvalue weighted by Gasteiger charge is 2.33. The number of carbonyl (C=O) groups is 1. The van der Waals surface area contributed by atoms with Gasteiger partial charge < -0.3 is 19.5 Å². The summed E-state index contributed by atoms with van der Waals surface area (Å²) >= 11 is 13.7. The van der Waals surface area contributed by atoms with E-state index in [-0.39, 0.29) is 18.1 Å². The fourth-order valence-electron chi connectivity index (χ4n) is 5.35. The third-order valence-corrected chi connectivity index (χ3v) is 9.18. The number of rotatable bonds is 9. The van der Waals surface area contributed by atoms with E-state index in [1.165, 1.54) is 11.3 Å². The van der Waals surface area contributed by atoms with Crippen LogP contribution in [0.4, 0.5) is 5.69 Å². The molecular formula is C36H29Cl2N3O5S. The second-order valence-electron chi connectivity index (χ2n) is 10.6. The van der Waals surface area contributed by atoms with Crippen molar-refractivity contribution in [1.29, 1.82) is 0 Å². The number of benzene rings is 4.